The van der Waals surface area contributed by atoms with E-state index in [0.717, 1.165) is 26.1 Å². The van der Waals surface area contributed by atoms with Crippen molar-refractivity contribution in [3.8, 4) is 0 Å². The van der Waals surface area contributed by atoms with Crippen molar-refractivity contribution in [3.63, 3.8) is 0 Å². The largest absolute Gasteiger partial charge is 0.381 e. The lowest BCUT2D eigenvalue weighted by atomic mass is 9.93. The number of nitrogens with one attached hydrogen (secondary N) is 1. The fraction of sp³-hybridized carbons (Fsp3) is 1.00. The van der Waals surface area contributed by atoms with E-state index in [2.05, 4.69) is 5.32 Å². The summed E-state index contributed by atoms with van der Waals surface area (Å²) in [5, 5.41) is 3.26. The standard InChI is InChI=1S/C7H14ClNO/c1-9-7(6-8)2-4-10-5-3-7/h9H,2-6H2,1H3. The van der Waals surface area contributed by atoms with Crippen LogP contribution in [-0.4, -0.2) is 31.7 Å². The van der Waals surface area contributed by atoms with E-state index in [1.807, 2.05) is 7.05 Å². The van der Waals surface area contributed by atoms with Gasteiger partial charge in [0.05, 0.1) is 0 Å². The van der Waals surface area contributed by atoms with Gasteiger partial charge in [-0.2, -0.15) is 0 Å². The average molecular weight is 164 g/mol. The molecule has 0 saturated carbocycles. The highest BCUT2D eigenvalue weighted by atomic mass is 35.5. The molecular weight excluding hydrogens is 150 g/mol. The van der Waals surface area contributed by atoms with E-state index in [-0.39, 0.29) is 5.54 Å². The Balaban J connectivity index is 2.44. The Morgan fingerprint density at radius 1 is 1.50 bits per heavy atom. The lowest BCUT2D eigenvalue weighted by Gasteiger charge is -2.34. The number of halogens is 1. The van der Waals surface area contributed by atoms with Crippen molar-refractivity contribution in [1.82, 2.24) is 5.32 Å². The van der Waals surface area contributed by atoms with Crippen LogP contribution in [0, 0.1) is 0 Å². The van der Waals surface area contributed by atoms with E-state index in [0.29, 0.717) is 5.88 Å². The fourth-order valence-corrected chi connectivity index (χ4v) is 1.61. The summed E-state index contributed by atoms with van der Waals surface area (Å²) in [7, 11) is 1.97. The summed E-state index contributed by atoms with van der Waals surface area (Å²) in [5.41, 5.74) is 0.153. The summed E-state index contributed by atoms with van der Waals surface area (Å²) >= 11 is 5.82. The van der Waals surface area contributed by atoms with Gasteiger partial charge in [-0.15, -0.1) is 11.6 Å². The second kappa shape index (κ2) is 3.56. The Hall–Kier alpha value is 0.210. The molecule has 2 nitrogen and oxygen atoms in total. The molecule has 1 aliphatic heterocycles. The first-order valence-corrected chi connectivity index (χ1v) is 4.19. The highest BCUT2D eigenvalue weighted by Crippen LogP contribution is 2.21. The van der Waals surface area contributed by atoms with Gasteiger partial charge in [0.15, 0.2) is 0 Å². The molecule has 0 amide bonds. The SMILES string of the molecule is CNC1(CCl)CCOCC1. The summed E-state index contributed by atoms with van der Waals surface area (Å²) in [6.45, 7) is 1.68. The van der Waals surface area contributed by atoms with Crippen LogP contribution in [0.3, 0.4) is 0 Å². The van der Waals surface area contributed by atoms with Gasteiger partial charge in [-0.05, 0) is 19.9 Å². The van der Waals surface area contributed by atoms with Gasteiger partial charge < -0.3 is 10.1 Å². The molecule has 0 atom stereocenters. The first-order chi connectivity index (χ1) is 4.83. The second-order valence-corrected chi connectivity index (χ2v) is 3.04. The maximum atomic E-state index is 5.82. The van der Waals surface area contributed by atoms with Crippen LogP contribution in [0.1, 0.15) is 12.8 Å². The Morgan fingerprint density at radius 2 is 2.10 bits per heavy atom. The number of hydrogen-bond donors (Lipinski definition) is 1. The molecule has 1 aliphatic rings. The van der Waals surface area contributed by atoms with Gasteiger partial charge in [0, 0.05) is 24.6 Å². The van der Waals surface area contributed by atoms with Crippen molar-refractivity contribution in [2.24, 2.45) is 0 Å². The molecule has 3 heteroatoms. The molecule has 0 spiro atoms. The van der Waals surface area contributed by atoms with Gasteiger partial charge in [0.25, 0.3) is 0 Å². The lowest BCUT2D eigenvalue weighted by Crippen LogP contribution is -2.49. The molecule has 1 rings (SSSR count). The monoisotopic (exact) mass is 163 g/mol. The zero-order valence-electron chi connectivity index (χ0n) is 6.32. The minimum absolute atomic E-state index is 0.153. The third kappa shape index (κ3) is 1.62. The average Bonchev–Trinajstić information content (AvgIpc) is 2.06. The molecule has 1 heterocycles. The van der Waals surface area contributed by atoms with Crippen molar-refractivity contribution in [3.05, 3.63) is 0 Å². The van der Waals surface area contributed by atoms with Crippen molar-refractivity contribution >= 4 is 11.6 Å². The van der Waals surface area contributed by atoms with Crippen LogP contribution in [0.25, 0.3) is 0 Å². The van der Waals surface area contributed by atoms with E-state index < -0.39 is 0 Å². The topological polar surface area (TPSA) is 21.3 Å². The summed E-state index contributed by atoms with van der Waals surface area (Å²) in [6, 6.07) is 0. The van der Waals surface area contributed by atoms with Crippen LogP contribution in [0.2, 0.25) is 0 Å². The Labute approximate surface area is 66.9 Å². The molecule has 0 unspecified atom stereocenters. The highest BCUT2D eigenvalue weighted by molar-refractivity contribution is 6.18. The molecule has 1 N–H and O–H groups in total. The highest BCUT2D eigenvalue weighted by Gasteiger charge is 2.29. The normalized spacial score (nSPS) is 24.6. The second-order valence-electron chi connectivity index (χ2n) is 2.78. The first kappa shape index (κ1) is 8.31. The van der Waals surface area contributed by atoms with Crippen molar-refractivity contribution in [2.75, 3.05) is 26.1 Å². The number of hydrogen-bond acceptors (Lipinski definition) is 2. The van der Waals surface area contributed by atoms with Crippen molar-refractivity contribution in [2.45, 2.75) is 18.4 Å². The molecule has 1 fully saturated rings. The molecule has 0 aromatic rings. The Morgan fingerprint density at radius 3 is 2.40 bits per heavy atom. The van der Waals surface area contributed by atoms with Crippen molar-refractivity contribution < 1.29 is 4.74 Å². The molecule has 0 bridgehead atoms. The molecule has 10 heavy (non-hydrogen) atoms. The van der Waals surface area contributed by atoms with E-state index in [9.17, 15) is 0 Å². The Kier molecular flexibility index (Phi) is 2.96. The van der Waals surface area contributed by atoms with E-state index in [4.69, 9.17) is 16.3 Å². The van der Waals surface area contributed by atoms with Crippen molar-refractivity contribution in [1.29, 1.82) is 0 Å². The van der Waals surface area contributed by atoms with Gasteiger partial charge in [0.1, 0.15) is 0 Å². The molecule has 0 radical (unpaired) electrons. The van der Waals surface area contributed by atoms with Gasteiger partial charge >= 0.3 is 0 Å². The van der Waals surface area contributed by atoms with Gasteiger partial charge in [-0.3, -0.25) is 0 Å². The van der Waals surface area contributed by atoms with Crippen LogP contribution >= 0.6 is 11.6 Å². The third-order valence-electron chi connectivity index (χ3n) is 2.24. The Bertz CT molecular complexity index is 95.8. The minimum Gasteiger partial charge on any atom is -0.381 e. The summed E-state index contributed by atoms with van der Waals surface area (Å²) < 4.78 is 5.23. The summed E-state index contributed by atoms with van der Waals surface area (Å²) in [6.07, 6.45) is 2.07. The number of alkyl halides is 1. The zero-order chi connectivity index (χ0) is 7.45. The minimum atomic E-state index is 0.153. The molecule has 60 valence electrons. The zero-order valence-corrected chi connectivity index (χ0v) is 7.08. The van der Waals surface area contributed by atoms with Gasteiger partial charge in [-0.1, -0.05) is 0 Å². The molecular formula is C7H14ClNO. The predicted octanol–water partition coefficient (Wildman–Crippen LogP) is 0.994. The van der Waals surface area contributed by atoms with Gasteiger partial charge in [0.2, 0.25) is 0 Å². The fourth-order valence-electron chi connectivity index (χ4n) is 1.21. The molecule has 1 saturated heterocycles. The predicted molar refractivity (Wildman–Crippen MR) is 42.6 cm³/mol. The van der Waals surface area contributed by atoms with Crippen LogP contribution in [0.5, 0.6) is 0 Å². The maximum Gasteiger partial charge on any atom is 0.0484 e. The van der Waals surface area contributed by atoms with Crippen LogP contribution < -0.4 is 5.32 Å². The quantitative estimate of drug-likeness (QED) is 0.614. The van der Waals surface area contributed by atoms with E-state index >= 15 is 0 Å². The number of rotatable bonds is 2. The van der Waals surface area contributed by atoms with Crippen LogP contribution in [0.4, 0.5) is 0 Å². The van der Waals surface area contributed by atoms with Crippen LogP contribution in [0.15, 0.2) is 0 Å². The maximum absolute atomic E-state index is 5.82. The van der Waals surface area contributed by atoms with E-state index in [1.54, 1.807) is 0 Å². The van der Waals surface area contributed by atoms with Crippen LogP contribution in [-0.2, 0) is 4.74 Å². The van der Waals surface area contributed by atoms with E-state index in [1.165, 1.54) is 0 Å². The van der Waals surface area contributed by atoms with Gasteiger partial charge in [-0.25, -0.2) is 0 Å². The summed E-state index contributed by atoms with van der Waals surface area (Å²) in [4.78, 5) is 0. The third-order valence-corrected chi connectivity index (χ3v) is 2.75. The smallest absolute Gasteiger partial charge is 0.0484 e. The summed E-state index contributed by atoms with van der Waals surface area (Å²) in [5.74, 6) is 0.687. The first-order valence-electron chi connectivity index (χ1n) is 3.66. The molecule has 0 aromatic carbocycles. The molecule has 0 aliphatic carbocycles. The lowest BCUT2D eigenvalue weighted by molar-refractivity contribution is 0.0495. The number of ether oxygens (including phenoxy) is 1. The molecule has 0 aromatic heterocycles.